The molecule has 0 bridgehead atoms. The van der Waals surface area contributed by atoms with E-state index in [4.69, 9.17) is 5.73 Å². The summed E-state index contributed by atoms with van der Waals surface area (Å²) in [5, 5.41) is 10.9. The molecule has 0 saturated heterocycles. The number of benzene rings is 4. The van der Waals surface area contributed by atoms with Crippen molar-refractivity contribution >= 4 is 78.0 Å². The first-order chi connectivity index (χ1) is 27.4. The van der Waals surface area contributed by atoms with E-state index >= 15 is 0 Å². The van der Waals surface area contributed by atoms with Gasteiger partial charge in [-0.05, 0) is 48.4 Å². The molecule has 2 heterocycles. The third kappa shape index (κ3) is 7.68. The molecule has 0 fully saturated rings. The number of aromatic nitrogens is 5. The maximum absolute atomic E-state index is 14.8. The highest BCUT2D eigenvalue weighted by molar-refractivity contribution is 7.86. The van der Waals surface area contributed by atoms with Gasteiger partial charge in [-0.3, -0.25) is 18.7 Å². The number of ketones is 2. The average Bonchev–Trinajstić information content (AvgIpc) is 3.16. The largest absolute Gasteiger partial charge is 0.397 e. The predicted octanol–water partition coefficient (Wildman–Crippen LogP) is 5.08. The first-order valence-electron chi connectivity index (χ1n) is 16.3. The summed E-state index contributed by atoms with van der Waals surface area (Å²) >= 11 is 0. The maximum atomic E-state index is 14.8. The highest BCUT2D eigenvalue weighted by atomic mass is 32.2. The SMILES string of the molecule is Cc1ccc(Nc2ncnc(F)c2F)cc1Nc1nc(F)nc(NCc2ccc(S(=O)(=O)O)cc2Nc2cc(S(=O)(=O)O)c(N)c3c2C(=O)c2ccccc2C3=O)n1. The Morgan fingerprint density at radius 3 is 2.10 bits per heavy atom. The summed E-state index contributed by atoms with van der Waals surface area (Å²) in [5.41, 5.74) is 4.95. The third-order valence-corrected chi connectivity index (χ3v) is 10.4. The summed E-state index contributed by atoms with van der Waals surface area (Å²) in [6, 6.07) is 14.2. The lowest BCUT2D eigenvalue weighted by Gasteiger charge is -2.24. The van der Waals surface area contributed by atoms with Gasteiger partial charge in [0.05, 0.1) is 27.4 Å². The van der Waals surface area contributed by atoms with Crippen molar-refractivity contribution in [3.63, 3.8) is 0 Å². The molecule has 1 aliphatic rings. The Morgan fingerprint density at radius 2 is 1.41 bits per heavy atom. The summed E-state index contributed by atoms with van der Waals surface area (Å²) < 4.78 is 112. The summed E-state index contributed by atoms with van der Waals surface area (Å²) in [5.74, 6) is -5.40. The van der Waals surface area contributed by atoms with E-state index in [2.05, 4.69) is 46.2 Å². The van der Waals surface area contributed by atoms with Crippen molar-refractivity contribution in [3.8, 4) is 0 Å². The molecule has 0 spiro atoms. The van der Waals surface area contributed by atoms with Gasteiger partial charge < -0.3 is 27.0 Å². The summed E-state index contributed by atoms with van der Waals surface area (Å²) in [6.45, 7) is 1.34. The van der Waals surface area contributed by atoms with E-state index in [0.29, 0.717) is 11.3 Å². The summed E-state index contributed by atoms with van der Waals surface area (Å²) in [7, 11) is -9.98. The van der Waals surface area contributed by atoms with Crippen LogP contribution in [-0.4, -0.2) is 62.4 Å². The molecule has 0 amide bonds. The van der Waals surface area contributed by atoms with Crippen LogP contribution >= 0.6 is 0 Å². The number of rotatable bonds is 11. The molecule has 6 aromatic rings. The topological polar surface area (TPSA) is 281 Å². The Balaban J connectivity index is 1.22. The van der Waals surface area contributed by atoms with Gasteiger partial charge >= 0.3 is 6.08 Å². The van der Waals surface area contributed by atoms with E-state index in [1.54, 1.807) is 13.0 Å². The minimum absolute atomic E-state index is 0.0508. The van der Waals surface area contributed by atoms with Gasteiger partial charge in [-0.1, -0.05) is 36.4 Å². The van der Waals surface area contributed by atoms with Crippen molar-refractivity contribution in [2.45, 2.75) is 23.3 Å². The number of nitrogens with one attached hydrogen (secondary N) is 4. The fourth-order valence-corrected chi connectivity index (χ4v) is 7.08. The zero-order valence-corrected chi connectivity index (χ0v) is 30.9. The van der Waals surface area contributed by atoms with Crippen molar-refractivity contribution in [1.29, 1.82) is 0 Å². The quantitative estimate of drug-likeness (QED) is 0.0508. The van der Waals surface area contributed by atoms with Gasteiger partial charge in [-0.25, -0.2) is 9.97 Å². The number of carbonyl (C=O) groups is 2. The van der Waals surface area contributed by atoms with Gasteiger partial charge in [0.25, 0.3) is 26.2 Å². The number of carbonyl (C=O) groups excluding carboxylic acids is 2. The predicted molar refractivity (Wildman–Crippen MR) is 200 cm³/mol. The lowest BCUT2D eigenvalue weighted by atomic mass is 9.82. The lowest BCUT2D eigenvalue weighted by Crippen LogP contribution is -2.25. The van der Waals surface area contributed by atoms with Gasteiger partial charge in [0, 0.05) is 34.7 Å². The molecule has 296 valence electrons. The van der Waals surface area contributed by atoms with Crippen molar-refractivity contribution in [2.75, 3.05) is 27.0 Å². The molecular weight excluding hydrogens is 810 g/mol. The Kier molecular flexibility index (Phi) is 9.98. The molecule has 18 nitrogen and oxygen atoms in total. The molecule has 23 heteroatoms. The number of fused-ring (bicyclic) bond motifs is 2. The smallest absolute Gasteiger partial charge is 0.315 e. The van der Waals surface area contributed by atoms with Crippen LogP contribution < -0.4 is 27.0 Å². The van der Waals surface area contributed by atoms with Gasteiger partial charge in [0.15, 0.2) is 17.4 Å². The molecule has 58 heavy (non-hydrogen) atoms. The Morgan fingerprint density at radius 1 is 0.724 bits per heavy atom. The Hall–Kier alpha value is -7.08. The van der Waals surface area contributed by atoms with Crippen molar-refractivity contribution in [2.24, 2.45) is 0 Å². The summed E-state index contributed by atoms with van der Waals surface area (Å²) in [4.78, 5) is 44.1. The molecule has 0 aliphatic heterocycles. The van der Waals surface area contributed by atoms with Crippen LogP contribution in [0.2, 0.25) is 0 Å². The van der Waals surface area contributed by atoms with E-state index in [1.165, 1.54) is 42.5 Å². The third-order valence-electron chi connectivity index (χ3n) is 8.67. The molecule has 8 N–H and O–H groups in total. The Bertz CT molecular complexity index is 2960. The van der Waals surface area contributed by atoms with Crippen LogP contribution in [0.25, 0.3) is 0 Å². The van der Waals surface area contributed by atoms with Crippen LogP contribution in [0.15, 0.2) is 82.8 Å². The maximum Gasteiger partial charge on any atom is 0.315 e. The molecular formula is C35H25F3N10O8S2. The number of aryl methyl sites for hydroxylation is 1. The number of nitrogens with zero attached hydrogens (tertiary/aromatic N) is 5. The molecule has 0 radical (unpaired) electrons. The minimum atomic E-state index is -5.12. The fraction of sp³-hybridized carbons (Fsp3) is 0.0571. The minimum Gasteiger partial charge on any atom is -0.397 e. The molecule has 0 unspecified atom stereocenters. The second-order valence-electron chi connectivity index (χ2n) is 12.4. The number of halogens is 3. The Labute approximate surface area is 325 Å². The monoisotopic (exact) mass is 834 g/mol. The van der Waals surface area contributed by atoms with Gasteiger partial charge in [0.1, 0.15) is 11.2 Å². The molecule has 7 rings (SSSR count). The zero-order valence-electron chi connectivity index (χ0n) is 29.2. The number of nitrogen functional groups attached to an aromatic ring is 1. The van der Waals surface area contributed by atoms with Crippen LogP contribution in [0.5, 0.6) is 0 Å². The standard InChI is InChI=1S/C35H25F3N10O8S2/c1-15-6-8-17(43-32-27(36)31(37)41-14-42-32)10-21(15)45-35-47-33(38)46-34(48-35)40-13-16-7-9-18(57(51,52)53)11-22(16)44-23-12-24(58(54,55)56)28(39)26-25(23)29(49)19-4-2-3-5-20(19)30(26)50/h2-12,14,44H,13,39H2,1H3,(H,41,42,43)(H,51,52,53)(H,54,55,56)(H2,40,45,46,47,48). The molecule has 4 aromatic carbocycles. The zero-order chi connectivity index (χ0) is 41.7. The van der Waals surface area contributed by atoms with Gasteiger partial charge in [-0.2, -0.15) is 45.0 Å². The molecule has 0 atom stereocenters. The van der Waals surface area contributed by atoms with Crippen molar-refractivity contribution in [3.05, 3.63) is 124 Å². The van der Waals surface area contributed by atoms with Crippen LogP contribution in [0.3, 0.4) is 0 Å². The number of hydrogen-bond acceptors (Lipinski definition) is 16. The van der Waals surface area contributed by atoms with Gasteiger partial charge in [-0.15, -0.1) is 0 Å². The lowest BCUT2D eigenvalue weighted by molar-refractivity contribution is 0.0980. The average molecular weight is 835 g/mol. The fourth-order valence-electron chi connectivity index (χ4n) is 5.92. The van der Waals surface area contributed by atoms with E-state index in [0.717, 1.165) is 24.5 Å². The van der Waals surface area contributed by atoms with E-state index < -0.39 is 87.8 Å². The number of hydrogen-bond donors (Lipinski definition) is 7. The van der Waals surface area contributed by atoms with Crippen LogP contribution in [-0.2, 0) is 26.8 Å². The number of nitrogens with two attached hydrogens (primary N) is 1. The number of anilines is 8. The van der Waals surface area contributed by atoms with Crippen LogP contribution in [0, 0.1) is 24.8 Å². The highest BCUT2D eigenvalue weighted by Gasteiger charge is 2.36. The first-order valence-corrected chi connectivity index (χ1v) is 19.2. The van der Waals surface area contributed by atoms with Crippen LogP contribution in [0.1, 0.15) is 43.0 Å². The van der Waals surface area contributed by atoms with E-state index in [-0.39, 0.29) is 46.5 Å². The first kappa shape index (κ1) is 39.2. The van der Waals surface area contributed by atoms with E-state index in [1.807, 2.05) is 0 Å². The molecule has 1 aliphatic carbocycles. The van der Waals surface area contributed by atoms with Crippen LogP contribution in [0.4, 0.5) is 59.3 Å². The van der Waals surface area contributed by atoms with E-state index in [9.17, 15) is 48.7 Å². The molecule has 2 aromatic heterocycles. The van der Waals surface area contributed by atoms with Gasteiger partial charge in [0.2, 0.25) is 17.7 Å². The normalized spacial score (nSPS) is 12.4. The second kappa shape index (κ2) is 14.8. The van der Waals surface area contributed by atoms with Crippen molar-refractivity contribution < 1.29 is 48.7 Å². The summed E-state index contributed by atoms with van der Waals surface area (Å²) in [6.07, 6.45) is -0.425. The second-order valence-corrected chi connectivity index (χ2v) is 15.2. The molecule has 0 saturated carbocycles. The highest BCUT2D eigenvalue weighted by Crippen LogP contribution is 2.41. The van der Waals surface area contributed by atoms with Crippen molar-refractivity contribution in [1.82, 2.24) is 24.9 Å².